The van der Waals surface area contributed by atoms with E-state index in [4.69, 9.17) is 9.31 Å². The van der Waals surface area contributed by atoms with Crippen LogP contribution in [0.2, 0.25) is 0 Å². The average molecular weight is 306 g/mol. The Morgan fingerprint density at radius 1 is 1.09 bits per heavy atom. The topological polar surface area (TPSA) is 38.7 Å². The Bertz CT molecular complexity index is 619. The van der Waals surface area contributed by atoms with Crippen LogP contribution in [-0.2, 0) is 9.31 Å². The van der Waals surface area contributed by atoms with Crippen LogP contribution in [0.5, 0.6) is 5.75 Å². The van der Waals surface area contributed by atoms with E-state index in [0.717, 1.165) is 11.1 Å². The fourth-order valence-electron chi connectivity index (χ4n) is 2.50. The highest BCUT2D eigenvalue weighted by molar-refractivity contribution is 6.55. The van der Waals surface area contributed by atoms with E-state index in [1.165, 1.54) is 0 Å². The van der Waals surface area contributed by atoms with Crippen LogP contribution in [0.25, 0.3) is 5.57 Å². The van der Waals surface area contributed by atoms with Gasteiger partial charge in [0.25, 0.3) is 0 Å². The molecule has 2 rings (SSSR count). The monoisotopic (exact) mass is 306 g/mol. The molecule has 0 aromatic heterocycles. The summed E-state index contributed by atoms with van der Waals surface area (Å²) in [5.74, 6) is 0.0924. The number of rotatable bonds is 2. The van der Waals surface area contributed by atoms with Gasteiger partial charge in [-0.3, -0.25) is 0 Å². The summed E-state index contributed by atoms with van der Waals surface area (Å²) in [7, 11) is -1.05. The number of hydrogen-bond donors (Lipinski definition) is 1. The molecular weight excluding hydrogens is 282 g/mol. The van der Waals surface area contributed by atoms with Crippen LogP contribution < -0.4 is 0 Å². The smallest absolute Gasteiger partial charge is 0.507 e. The fourth-order valence-corrected chi connectivity index (χ4v) is 2.50. The SMILES string of the molecule is CC(=C(F)B1OC(C)(C)C(C)(C)O1)c1cc(C)cc(C)c1O. The summed E-state index contributed by atoms with van der Waals surface area (Å²) in [5, 5.41) is 10.2. The van der Waals surface area contributed by atoms with Gasteiger partial charge in [0.15, 0.2) is 0 Å². The number of aryl methyl sites for hydroxylation is 2. The minimum absolute atomic E-state index is 0.0924. The lowest BCUT2D eigenvalue weighted by Gasteiger charge is -2.32. The van der Waals surface area contributed by atoms with Crippen LogP contribution in [0.4, 0.5) is 4.39 Å². The zero-order chi connectivity index (χ0) is 16.9. The molecule has 1 aliphatic rings. The Morgan fingerprint density at radius 2 is 1.59 bits per heavy atom. The normalized spacial score (nSPS) is 21.0. The van der Waals surface area contributed by atoms with Crippen molar-refractivity contribution in [1.29, 1.82) is 0 Å². The molecule has 0 atom stereocenters. The molecule has 1 aliphatic heterocycles. The maximum atomic E-state index is 14.8. The Balaban J connectivity index is 2.44. The molecule has 0 amide bonds. The molecule has 1 N–H and O–H groups in total. The summed E-state index contributed by atoms with van der Waals surface area (Å²) >= 11 is 0. The number of phenols is 1. The minimum Gasteiger partial charge on any atom is -0.507 e. The molecule has 1 heterocycles. The van der Waals surface area contributed by atoms with Crippen molar-refractivity contribution >= 4 is 12.7 Å². The van der Waals surface area contributed by atoms with Crippen molar-refractivity contribution in [1.82, 2.24) is 0 Å². The lowest BCUT2D eigenvalue weighted by molar-refractivity contribution is 0.00578. The van der Waals surface area contributed by atoms with Crippen molar-refractivity contribution in [3.8, 4) is 5.75 Å². The van der Waals surface area contributed by atoms with E-state index in [-0.39, 0.29) is 5.75 Å². The predicted molar refractivity (Wildman–Crippen MR) is 87.4 cm³/mol. The first-order valence-electron chi connectivity index (χ1n) is 7.49. The van der Waals surface area contributed by atoms with Gasteiger partial charge in [0.05, 0.1) is 11.2 Å². The maximum absolute atomic E-state index is 14.8. The van der Waals surface area contributed by atoms with Crippen molar-refractivity contribution in [3.05, 3.63) is 34.5 Å². The summed E-state index contributed by atoms with van der Waals surface area (Å²) in [6, 6.07) is 3.63. The second-order valence-electron chi connectivity index (χ2n) is 7.04. The van der Waals surface area contributed by atoms with Gasteiger partial charge in [-0.2, -0.15) is 0 Å². The van der Waals surface area contributed by atoms with Gasteiger partial charge in [-0.25, -0.2) is 4.39 Å². The van der Waals surface area contributed by atoms with E-state index < -0.39 is 24.0 Å². The van der Waals surface area contributed by atoms with Gasteiger partial charge in [0, 0.05) is 5.56 Å². The molecular formula is C17H24BFO3. The van der Waals surface area contributed by atoms with Gasteiger partial charge in [-0.15, -0.1) is 0 Å². The van der Waals surface area contributed by atoms with E-state index in [2.05, 4.69) is 0 Å². The average Bonchev–Trinajstić information content (AvgIpc) is 2.61. The van der Waals surface area contributed by atoms with Crippen molar-refractivity contribution in [2.45, 2.75) is 59.7 Å². The molecule has 0 radical (unpaired) electrons. The molecule has 120 valence electrons. The van der Waals surface area contributed by atoms with Crippen LogP contribution in [0, 0.1) is 13.8 Å². The van der Waals surface area contributed by atoms with Gasteiger partial charge < -0.3 is 14.4 Å². The summed E-state index contributed by atoms with van der Waals surface area (Å²) in [5.41, 5.74) is 0.800. The fraction of sp³-hybridized carbons (Fsp3) is 0.529. The number of aromatic hydroxyl groups is 1. The molecule has 1 aromatic rings. The van der Waals surface area contributed by atoms with Crippen LogP contribution in [0.3, 0.4) is 0 Å². The van der Waals surface area contributed by atoms with Gasteiger partial charge in [0.1, 0.15) is 11.5 Å². The van der Waals surface area contributed by atoms with E-state index in [1.54, 1.807) is 19.9 Å². The van der Waals surface area contributed by atoms with Gasteiger partial charge in [0.2, 0.25) is 0 Å². The molecule has 0 aliphatic carbocycles. The molecule has 0 unspecified atom stereocenters. The van der Waals surface area contributed by atoms with Crippen molar-refractivity contribution in [2.75, 3.05) is 0 Å². The third kappa shape index (κ3) is 2.80. The largest absolute Gasteiger partial charge is 0.525 e. The lowest BCUT2D eigenvalue weighted by atomic mass is 9.82. The molecule has 0 saturated carbocycles. The van der Waals surface area contributed by atoms with Gasteiger partial charge in [-0.1, -0.05) is 6.07 Å². The maximum Gasteiger partial charge on any atom is 0.525 e. The molecule has 0 spiro atoms. The summed E-state index contributed by atoms with van der Waals surface area (Å²) in [4.78, 5) is 0. The molecule has 5 heteroatoms. The Hall–Kier alpha value is -1.33. The summed E-state index contributed by atoms with van der Waals surface area (Å²) < 4.78 is 26.3. The summed E-state index contributed by atoms with van der Waals surface area (Å²) in [6.45, 7) is 12.9. The molecule has 3 nitrogen and oxygen atoms in total. The van der Waals surface area contributed by atoms with Crippen molar-refractivity contribution in [2.24, 2.45) is 0 Å². The van der Waals surface area contributed by atoms with E-state index >= 15 is 0 Å². The molecule has 1 aromatic carbocycles. The standard InChI is InChI=1S/C17H24BFO3/c1-10-8-11(2)14(20)13(9-10)12(3)15(19)18-21-16(4,5)17(6,7)22-18/h8-9,20H,1-7H3. The van der Waals surface area contributed by atoms with Crippen molar-refractivity contribution in [3.63, 3.8) is 0 Å². The lowest BCUT2D eigenvalue weighted by Crippen LogP contribution is -2.41. The predicted octanol–water partition coefficient (Wildman–Crippen LogP) is 4.34. The van der Waals surface area contributed by atoms with Gasteiger partial charge >= 0.3 is 7.12 Å². The Kier molecular flexibility index (Phi) is 4.17. The van der Waals surface area contributed by atoms with E-state index in [1.807, 2.05) is 40.7 Å². The molecule has 22 heavy (non-hydrogen) atoms. The van der Waals surface area contributed by atoms with Crippen LogP contribution in [0.1, 0.15) is 51.3 Å². The minimum atomic E-state index is -1.05. The van der Waals surface area contributed by atoms with E-state index in [9.17, 15) is 9.50 Å². The summed E-state index contributed by atoms with van der Waals surface area (Å²) in [6.07, 6.45) is 0. The number of allylic oxidation sites excluding steroid dienone is 1. The highest BCUT2D eigenvalue weighted by Crippen LogP contribution is 2.41. The third-order valence-electron chi connectivity index (χ3n) is 4.67. The van der Waals surface area contributed by atoms with Crippen LogP contribution in [-0.4, -0.2) is 23.4 Å². The highest BCUT2D eigenvalue weighted by Gasteiger charge is 2.53. The third-order valence-corrected chi connectivity index (χ3v) is 4.67. The molecule has 0 bridgehead atoms. The van der Waals surface area contributed by atoms with Gasteiger partial charge in [-0.05, 0) is 71.2 Å². The number of hydrogen-bond acceptors (Lipinski definition) is 3. The van der Waals surface area contributed by atoms with Crippen LogP contribution >= 0.6 is 0 Å². The van der Waals surface area contributed by atoms with E-state index in [0.29, 0.717) is 11.1 Å². The second-order valence-corrected chi connectivity index (χ2v) is 7.04. The zero-order valence-electron chi connectivity index (χ0n) is 14.4. The first-order valence-corrected chi connectivity index (χ1v) is 7.49. The Morgan fingerprint density at radius 3 is 2.09 bits per heavy atom. The molecule has 1 saturated heterocycles. The first kappa shape index (κ1) is 17.0. The zero-order valence-corrected chi connectivity index (χ0v) is 14.4. The number of phenolic OH excluding ortho intramolecular Hbond substituents is 1. The quantitative estimate of drug-likeness (QED) is 0.826. The number of benzene rings is 1. The second kappa shape index (κ2) is 5.39. The highest BCUT2D eigenvalue weighted by atomic mass is 19.1. The Labute approximate surface area is 132 Å². The van der Waals surface area contributed by atoms with Crippen molar-refractivity contribution < 1.29 is 18.8 Å². The van der Waals surface area contributed by atoms with Crippen LogP contribution in [0.15, 0.2) is 17.9 Å². The number of halogens is 1. The first-order chi connectivity index (χ1) is 9.96. The molecule has 1 fully saturated rings.